The van der Waals surface area contributed by atoms with Gasteiger partial charge in [0.15, 0.2) is 12.0 Å². The molecule has 0 aromatic heterocycles. The molecule has 0 radical (unpaired) electrons. The highest BCUT2D eigenvalue weighted by atomic mass is 19.1. The van der Waals surface area contributed by atoms with E-state index in [0.29, 0.717) is 25.7 Å². The zero-order valence-corrected chi connectivity index (χ0v) is 18.1. The summed E-state index contributed by atoms with van der Waals surface area (Å²) in [5.41, 5.74) is 0.906. The van der Waals surface area contributed by atoms with Crippen molar-refractivity contribution < 1.29 is 13.9 Å². The van der Waals surface area contributed by atoms with Crippen LogP contribution in [0.4, 0.5) is 4.39 Å². The molecule has 3 heterocycles. The van der Waals surface area contributed by atoms with E-state index in [9.17, 15) is 4.39 Å². The lowest BCUT2D eigenvalue weighted by Gasteiger charge is -2.41. The zero-order chi connectivity index (χ0) is 21.5. The molecule has 0 saturated carbocycles. The number of rotatable bonds is 5. The quantitative estimate of drug-likeness (QED) is 0.336. The van der Waals surface area contributed by atoms with E-state index in [2.05, 4.69) is 20.1 Å². The van der Waals surface area contributed by atoms with Crippen LogP contribution in [0.2, 0.25) is 0 Å². The number of nitriles is 1. The van der Waals surface area contributed by atoms with Crippen LogP contribution in [0.25, 0.3) is 0 Å². The van der Waals surface area contributed by atoms with Crippen LogP contribution in [0.1, 0.15) is 37.7 Å². The first kappa shape index (κ1) is 22.0. The molecule has 31 heavy (non-hydrogen) atoms. The first-order chi connectivity index (χ1) is 15.2. The number of likely N-dealkylation sites (tertiary alicyclic amines) is 2. The minimum Gasteiger partial charge on any atom is -0.343 e. The van der Waals surface area contributed by atoms with Crippen LogP contribution >= 0.6 is 0 Å². The highest BCUT2D eigenvalue weighted by molar-refractivity contribution is 5.81. The Hall–Kier alpha value is -2.21. The number of benzene rings is 1. The highest BCUT2D eigenvalue weighted by Crippen LogP contribution is 2.43. The van der Waals surface area contributed by atoms with Gasteiger partial charge < -0.3 is 19.3 Å². The third kappa shape index (κ3) is 5.17. The zero-order valence-electron chi connectivity index (χ0n) is 18.1. The third-order valence-corrected chi connectivity index (χ3v) is 6.59. The number of halogens is 1. The summed E-state index contributed by atoms with van der Waals surface area (Å²) >= 11 is 0. The lowest BCUT2D eigenvalue weighted by Crippen LogP contribution is -2.45. The minimum absolute atomic E-state index is 0.240. The summed E-state index contributed by atoms with van der Waals surface area (Å²) in [6, 6.07) is 6.52. The van der Waals surface area contributed by atoms with Crippen molar-refractivity contribution in [3.8, 4) is 6.19 Å². The number of nitrogens with zero attached hydrogens (tertiary/aromatic N) is 4. The van der Waals surface area contributed by atoms with E-state index >= 15 is 0 Å². The van der Waals surface area contributed by atoms with Crippen LogP contribution in [0.15, 0.2) is 29.3 Å². The molecular formula is C23H32FN5O2. The number of hydrogen-bond acceptors (Lipinski definition) is 5. The van der Waals surface area contributed by atoms with E-state index in [0.717, 1.165) is 64.0 Å². The van der Waals surface area contributed by atoms with Gasteiger partial charge in [-0.15, -0.1) is 0 Å². The summed E-state index contributed by atoms with van der Waals surface area (Å²) in [7, 11) is 0. The Bertz CT molecular complexity index is 774. The maximum Gasteiger partial charge on any atom is 0.207 e. The van der Waals surface area contributed by atoms with Crippen molar-refractivity contribution in [3.63, 3.8) is 0 Å². The number of piperidine rings is 2. The van der Waals surface area contributed by atoms with Gasteiger partial charge in [-0.3, -0.25) is 10.3 Å². The molecule has 0 amide bonds. The van der Waals surface area contributed by atoms with Gasteiger partial charge in [-0.2, -0.15) is 5.26 Å². The molecule has 0 atom stereocenters. The Morgan fingerprint density at radius 3 is 2.42 bits per heavy atom. The van der Waals surface area contributed by atoms with Gasteiger partial charge in [-0.05, 0) is 57.3 Å². The summed E-state index contributed by atoms with van der Waals surface area (Å²) in [5, 5.41) is 11.8. The van der Waals surface area contributed by atoms with Gasteiger partial charge in [0.05, 0.1) is 19.8 Å². The lowest BCUT2D eigenvalue weighted by atomic mass is 9.84. The Morgan fingerprint density at radius 1 is 1.10 bits per heavy atom. The van der Waals surface area contributed by atoms with Crippen molar-refractivity contribution in [2.75, 3.05) is 52.5 Å². The molecule has 4 rings (SSSR count). The Morgan fingerprint density at radius 2 is 1.77 bits per heavy atom. The van der Waals surface area contributed by atoms with Gasteiger partial charge in [0.25, 0.3) is 0 Å². The lowest BCUT2D eigenvalue weighted by molar-refractivity contribution is -0.214. The monoisotopic (exact) mass is 429 g/mol. The number of nitrogens with one attached hydrogen (secondary N) is 1. The second-order valence-corrected chi connectivity index (χ2v) is 8.48. The van der Waals surface area contributed by atoms with Crippen molar-refractivity contribution in [2.24, 2.45) is 10.9 Å². The molecule has 7 nitrogen and oxygen atoms in total. The van der Waals surface area contributed by atoms with Crippen LogP contribution < -0.4 is 5.32 Å². The van der Waals surface area contributed by atoms with E-state index in [4.69, 9.17) is 14.7 Å². The molecule has 3 fully saturated rings. The normalized spacial score (nSPS) is 23.0. The molecular weight excluding hydrogens is 397 g/mol. The van der Waals surface area contributed by atoms with E-state index in [1.54, 1.807) is 12.1 Å². The molecule has 8 heteroatoms. The van der Waals surface area contributed by atoms with Crippen LogP contribution in [0, 0.1) is 23.2 Å². The third-order valence-electron chi connectivity index (χ3n) is 6.59. The number of aliphatic imine (C=N–C) groups is 1. The van der Waals surface area contributed by atoms with Crippen LogP contribution in [0.3, 0.4) is 0 Å². The van der Waals surface area contributed by atoms with Gasteiger partial charge in [0, 0.05) is 31.1 Å². The van der Waals surface area contributed by atoms with Crippen LogP contribution in [-0.2, 0) is 15.3 Å². The maximum atomic E-state index is 13.4. The smallest absolute Gasteiger partial charge is 0.207 e. The summed E-state index contributed by atoms with van der Waals surface area (Å²) in [4.78, 5) is 9.27. The molecule has 1 N–H and O–H groups in total. The summed E-state index contributed by atoms with van der Waals surface area (Å²) in [6.07, 6.45) is 7.49. The van der Waals surface area contributed by atoms with Gasteiger partial charge in [0.1, 0.15) is 5.82 Å². The summed E-state index contributed by atoms with van der Waals surface area (Å²) in [5.74, 6) is -0.0534. The standard InChI is InChI=1S/C23H32FN5O2/c24-21-6-4-19(5-7-21)23(30-16-17-31-23)20-8-13-28(14-9-20)15-10-26-22(27-18-25)29-11-2-1-3-12-29/h4-7,20H,1-3,8-17H2,(H,26,27). The Balaban J connectivity index is 1.31. The first-order valence-corrected chi connectivity index (χ1v) is 11.4. The number of hydrogen-bond donors (Lipinski definition) is 1. The molecule has 1 aromatic carbocycles. The topological polar surface area (TPSA) is 73.1 Å². The molecule has 0 unspecified atom stereocenters. The van der Waals surface area contributed by atoms with Gasteiger partial charge >= 0.3 is 0 Å². The van der Waals surface area contributed by atoms with Gasteiger partial charge in [-0.1, -0.05) is 12.1 Å². The molecule has 3 aliphatic rings. The minimum atomic E-state index is -0.754. The van der Waals surface area contributed by atoms with Gasteiger partial charge in [-0.25, -0.2) is 4.39 Å². The largest absolute Gasteiger partial charge is 0.343 e. The Kier molecular flexibility index (Phi) is 7.38. The van der Waals surface area contributed by atoms with Crippen LogP contribution in [-0.4, -0.2) is 68.2 Å². The maximum absolute atomic E-state index is 13.4. The van der Waals surface area contributed by atoms with Crippen molar-refractivity contribution >= 4 is 5.96 Å². The van der Waals surface area contributed by atoms with Crippen molar-refractivity contribution in [2.45, 2.75) is 37.9 Å². The average molecular weight is 430 g/mol. The fraction of sp³-hybridized carbons (Fsp3) is 0.652. The Labute approximate surface area is 183 Å². The van der Waals surface area contributed by atoms with E-state index < -0.39 is 5.79 Å². The van der Waals surface area contributed by atoms with Gasteiger partial charge in [0.2, 0.25) is 5.96 Å². The molecule has 0 aliphatic carbocycles. The molecule has 0 bridgehead atoms. The van der Waals surface area contributed by atoms with E-state index in [1.807, 2.05) is 6.19 Å². The average Bonchev–Trinajstić information content (AvgIpc) is 3.31. The predicted molar refractivity (Wildman–Crippen MR) is 116 cm³/mol. The van der Waals surface area contributed by atoms with Crippen molar-refractivity contribution in [3.05, 3.63) is 35.6 Å². The second kappa shape index (κ2) is 10.4. The number of guanidine groups is 1. The molecule has 3 aliphatic heterocycles. The second-order valence-electron chi connectivity index (χ2n) is 8.48. The van der Waals surface area contributed by atoms with Crippen molar-refractivity contribution in [1.82, 2.24) is 15.1 Å². The highest BCUT2D eigenvalue weighted by Gasteiger charge is 2.46. The van der Waals surface area contributed by atoms with Crippen LogP contribution in [0.5, 0.6) is 0 Å². The molecule has 0 spiro atoms. The molecule has 3 saturated heterocycles. The SMILES string of the molecule is N#CNC(=NCCN1CCC(C2(c3ccc(F)cc3)OCCO2)CC1)N1CCCCC1. The van der Waals surface area contributed by atoms with E-state index in [1.165, 1.54) is 18.6 Å². The van der Waals surface area contributed by atoms with Crippen molar-refractivity contribution in [1.29, 1.82) is 5.26 Å². The first-order valence-electron chi connectivity index (χ1n) is 11.4. The van der Waals surface area contributed by atoms with E-state index in [-0.39, 0.29) is 11.7 Å². The summed E-state index contributed by atoms with van der Waals surface area (Å²) < 4.78 is 25.6. The fourth-order valence-electron chi connectivity index (χ4n) is 4.96. The summed E-state index contributed by atoms with van der Waals surface area (Å²) in [6.45, 7) is 6.48. The molecule has 168 valence electrons. The predicted octanol–water partition coefficient (Wildman–Crippen LogP) is 2.65. The number of ether oxygens (including phenoxy) is 2. The fourth-order valence-corrected chi connectivity index (χ4v) is 4.96. The molecule has 1 aromatic rings.